The minimum Gasteiger partial charge on any atom is -0.360 e. The quantitative estimate of drug-likeness (QED) is 0.499. The predicted octanol–water partition coefficient (Wildman–Crippen LogP) is 4.96. The summed E-state index contributed by atoms with van der Waals surface area (Å²) in [5.74, 6) is 0. The van der Waals surface area contributed by atoms with Crippen LogP contribution < -0.4 is 5.35 Å². The van der Waals surface area contributed by atoms with Gasteiger partial charge in [0.15, 0.2) is 0 Å². The third-order valence-electron chi connectivity index (χ3n) is 4.85. The van der Waals surface area contributed by atoms with E-state index in [-0.39, 0.29) is 0 Å². The maximum atomic E-state index is 12.9. The zero-order chi connectivity index (χ0) is 17.9. The molecule has 0 spiro atoms. The predicted molar refractivity (Wildman–Crippen MR) is 95.1 cm³/mol. The molecular formula is C20H14F3N3. The second-order valence-corrected chi connectivity index (χ2v) is 6.56. The first kappa shape index (κ1) is 15.3. The van der Waals surface area contributed by atoms with E-state index < -0.39 is 11.7 Å². The van der Waals surface area contributed by atoms with Gasteiger partial charge in [-0.15, -0.1) is 0 Å². The van der Waals surface area contributed by atoms with Crippen LogP contribution in [-0.4, -0.2) is 15.2 Å². The van der Waals surface area contributed by atoms with Gasteiger partial charge in [0.25, 0.3) is 0 Å². The van der Waals surface area contributed by atoms with Gasteiger partial charge in [0, 0.05) is 33.4 Å². The molecule has 1 fully saturated rings. The molecule has 0 saturated heterocycles. The number of benzene rings is 2. The highest BCUT2D eigenvalue weighted by molar-refractivity contribution is 6.12. The fourth-order valence-electron chi connectivity index (χ4n) is 3.43. The molecule has 5 rings (SSSR count). The molecule has 0 aliphatic heterocycles. The third-order valence-corrected chi connectivity index (χ3v) is 4.85. The van der Waals surface area contributed by atoms with E-state index in [2.05, 4.69) is 21.2 Å². The summed E-state index contributed by atoms with van der Waals surface area (Å²) < 4.78 is 38.6. The van der Waals surface area contributed by atoms with Gasteiger partial charge in [-0.2, -0.15) is 18.3 Å². The van der Waals surface area contributed by atoms with Gasteiger partial charge in [-0.25, -0.2) is 0 Å². The molecule has 1 aliphatic rings. The molecule has 2 N–H and O–H groups in total. The molecule has 1 saturated carbocycles. The van der Waals surface area contributed by atoms with Gasteiger partial charge in [-0.3, -0.25) is 5.10 Å². The van der Waals surface area contributed by atoms with Crippen molar-refractivity contribution in [3.05, 3.63) is 59.6 Å². The van der Waals surface area contributed by atoms with Crippen LogP contribution in [0.5, 0.6) is 0 Å². The molecule has 0 unspecified atom stereocenters. The van der Waals surface area contributed by atoms with Gasteiger partial charge in [0.05, 0.1) is 16.6 Å². The van der Waals surface area contributed by atoms with E-state index in [4.69, 9.17) is 0 Å². The van der Waals surface area contributed by atoms with E-state index >= 15 is 0 Å². The molecule has 6 heteroatoms. The van der Waals surface area contributed by atoms with Crippen LogP contribution in [-0.2, 0) is 6.18 Å². The van der Waals surface area contributed by atoms with Crippen molar-refractivity contribution in [2.45, 2.75) is 19.0 Å². The van der Waals surface area contributed by atoms with Crippen molar-refractivity contribution >= 4 is 27.2 Å². The first-order valence-corrected chi connectivity index (χ1v) is 8.36. The highest BCUT2D eigenvalue weighted by Gasteiger charge is 2.30. The number of nitrogens with zero attached hydrogens (tertiary/aromatic N) is 1. The molecule has 130 valence electrons. The van der Waals surface area contributed by atoms with Gasteiger partial charge in [-0.1, -0.05) is 24.3 Å². The van der Waals surface area contributed by atoms with Gasteiger partial charge >= 0.3 is 6.18 Å². The molecule has 4 aromatic rings. The number of hydrogen-bond donors (Lipinski definition) is 2. The Bertz CT molecular complexity index is 1210. The Morgan fingerprint density at radius 3 is 2.38 bits per heavy atom. The molecule has 26 heavy (non-hydrogen) atoms. The second-order valence-electron chi connectivity index (χ2n) is 6.56. The van der Waals surface area contributed by atoms with Crippen molar-refractivity contribution < 1.29 is 13.2 Å². The summed E-state index contributed by atoms with van der Waals surface area (Å²) in [6.07, 6.45) is -0.389. The summed E-state index contributed by atoms with van der Waals surface area (Å²) in [5.41, 5.74) is 2.92. The summed E-state index contributed by atoms with van der Waals surface area (Å²) in [5, 5.41) is 11.7. The minimum atomic E-state index is -4.35. The summed E-state index contributed by atoms with van der Waals surface area (Å²) >= 11 is 0. The lowest BCUT2D eigenvalue weighted by Crippen LogP contribution is -2.06. The minimum absolute atomic E-state index is 0.633. The Kier molecular flexibility index (Phi) is 3.07. The van der Waals surface area contributed by atoms with Gasteiger partial charge < -0.3 is 4.98 Å². The zero-order valence-corrected chi connectivity index (χ0v) is 13.6. The molecule has 2 aromatic heterocycles. The average Bonchev–Trinajstić information content (AvgIpc) is 3.39. The van der Waals surface area contributed by atoms with E-state index in [0.29, 0.717) is 11.3 Å². The van der Waals surface area contributed by atoms with E-state index in [0.717, 1.165) is 52.0 Å². The number of halogens is 3. The lowest BCUT2D eigenvalue weighted by molar-refractivity contribution is -0.137. The lowest BCUT2D eigenvalue weighted by Gasteiger charge is -2.07. The van der Waals surface area contributed by atoms with Gasteiger partial charge in [0.1, 0.15) is 0 Å². The smallest absolute Gasteiger partial charge is 0.360 e. The Balaban J connectivity index is 1.83. The highest BCUT2D eigenvalue weighted by Crippen LogP contribution is 2.34. The second kappa shape index (κ2) is 5.24. The van der Waals surface area contributed by atoms with Crippen molar-refractivity contribution in [1.29, 1.82) is 0 Å². The fraction of sp³-hybridized carbons (Fsp3) is 0.150. The Morgan fingerprint density at radius 1 is 0.923 bits per heavy atom. The summed E-state index contributed by atoms with van der Waals surface area (Å²) in [6.45, 7) is 0. The number of hydrogen-bond acceptors (Lipinski definition) is 1. The van der Waals surface area contributed by atoms with Crippen molar-refractivity contribution in [2.75, 3.05) is 0 Å². The van der Waals surface area contributed by atoms with Crippen LogP contribution in [0.4, 0.5) is 13.2 Å². The van der Waals surface area contributed by atoms with Crippen LogP contribution in [0.3, 0.4) is 0 Å². The van der Waals surface area contributed by atoms with Crippen LogP contribution in [0.1, 0.15) is 18.4 Å². The average molecular weight is 353 g/mol. The fourth-order valence-corrected chi connectivity index (χ4v) is 3.43. The van der Waals surface area contributed by atoms with Crippen LogP contribution in [0.15, 0.2) is 48.7 Å². The maximum absolute atomic E-state index is 12.9. The van der Waals surface area contributed by atoms with Crippen LogP contribution in [0.25, 0.3) is 38.5 Å². The van der Waals surface area contributed by atoms with E-state index in [1.165, 1.54) is 17.7 Å². The zero-order valence-electron chi connectivity index (χ0n) is 13.6. The molecule has 2 aromatic carbocycles. The van der Waals surface area contributed by atoms with E-state index in [9.17, 15) is 13.2 Å². The summed E-state index contributed by atoms with van der Waals surface area (Å²) in [6, 6.07) is 11.2. The SMILES string of the molecule is FC(F)(F)c1ccc(-c2n[nH]c(=C3CC3)c3cccc4[nH]cc2c43)cc1. The summed E-state index contributed by atoms with van der Waals surface area (Å²) in [7, 11) is 0. The number of rotatable bonds is 1. The van der Waals surface area contributed by atoms with E-state index in [1.54, 1.807) is 0 Å². The molecule has 0 amide bonds. The van der Waals surface area contributed by atoms with E-state index in [1.807, 2.05) is 18.3 Å². The molecule has 0 radical (unpaired) electrons. The topological polar surface area (TPSA) is 44.5 Å². The molecule has 1 aliphatic carbocycles. The first-order valence-electron chi connectivity index (χ1n) is 8.36. The summed E-state index contributed by atoms with van der Waals surface area (Å²) in [4.78, 5) is 3.25. The number of H-pyrrole nitrogens is 2. The number of aromatic amines is 2. The number of alkyl halides is 3. The molecule has 3 nitrogen and oxygen atoms in total. The van der Waals surface area contributed by atoms with Crippen LogP contribution >= 0.6 is 0 Å². The molecule has 2 heterocycles. The van der Waals surface area contributed by atoms with Crippen LogP contribution in [0, 0.1) is 0 Å². The number of aromatic nitrogens is 3. The van der Waals surface area contributed by atoms with Gasteiger partial charge in [0.2, 0.25) is 0 Å². The standard InChI is InChI=1S/C20H14F3N3/c21-20(22,23)13-8-6-12(7-9-13)19-15-10-24-16-3-1-2-14(17(15)16)18(25-26-19)11-4-5-11/h1-3,6-10,24-25H,4-5H2. The Hall–Kier alpha value is -3.02. The number of nitrogens with one attached hydrogen (secondary N) is 2. The highest BCUT2D eigenvalue weighted by atomic mass is 19.4. The van der Waals surface area contributed by atoms with Crippen LogP contribution in [0.2, 0.25) is 0 Å². The largest absolute Gasteiger partial charge is 0.416 e. The van der Waals surface area contributed by atoms with Crippen molar-refractivity contribution in [3.8, 4) is 11.3 Å². The third kappa shape index (κ3) is 2.33. The monoisotopic (exact) mass is 353 g/mol. The Morgan fingerprint density at radius 2 is 1.69 bits per heavy atom. The lowest BCUT2D eigenvalue weighted by atomic mass is 10.0. The molecule has 0 atom stereocenters. The maximum Gasteiger partial charge on any atom is 0.416 e. The van der Waals surface area contributed by atoms with Crippen molar-refractivity contribution in [3.63, 3.8) is 0 Å². The first-order chi connectivity index (χ1) is 12.5. The molecule has 0 bridgehead atoms. The van der Waals surface area contributed by atoms with Gasteiger partial charge in [-0.05, 0) is 36.6 Å². The Labute approximate surface area is 146 Å². The normalized spacial score (nSPS) is 14.3. The van der Waals surface area contributed by atoms with Crippen molar-refractivity contribution in [2.24, 2.45) is 0 Å². The molecular weight excluding hydrogens is 339 g/mol. The van der Waals surface area contributed by atoms with Crippen molar-refractivity contribution in [1.82, 2.24) is 15.2 Å².